The predicted molar refractivity (Wildman–Crippen MR) is 118 cm³/mol. The maximum absolute atomic E-state index is 13.0. The molecule has 33 heavy (non-hydrogen) atoms. The molecule has 10 nitrogen and oxygen atoms in total. The van der Waals surface area contributed by atoms with Crippen molar-refractivity contribution in [2.45, 2.75) is 38.5 Å². The van der Waals surface area contributed by atoms with Gasteiger partial charge in [0.2, 0.25) is 0 Å². The molecule has 2 amide bonds. The Morgan fingerprint density at radius 1 is 1.21 bits per heavy atom. The van der Waals surface area contributed by atoms with Gasteiger partial charge in [0.15, 0.2) is 0 Å². The van der Waals surface area contributed by atoms with Crippen molar-refractivity contribution in [1.82, 2.24) is 15.5 Å². The topological polar surface area (TPSA) is 115 Å². The number of nitrogens with zero attached hydrogens (tertiary/aromatic N) is 1. The summed E-state index contributed by atoms with van der Waals surface area (Å²) in [6.45, 7) is 3.06. The molecule has 0 aromatic heterocycles. The molecule has 2 heterocycles. The molecule has 0 saturated carbocycles. The highest BCUT2D eigenvalue weighted by molar-refractivity contribution is 5.95. The van der Waals surface area contributed by atoms with Gasteiger partial charge >= 0.3 is 18.0 Å². The molecule has 0 bridgehead atoms. The molecular weight excluding hydrogens is 430 g/mol. The van der Waals surface area contributed by atoms with Crippen LogP contribution in [0.1, 0.15) is 36.9 Å². The average Bonchev–Trinajstić information content (AvgIpc) is 3.26. The van der Waals surface area contributed by atoms with E-state index < -0.39 is 24.1 Å². The van der Waals surface area contributed by atoms with Gasteiger partial charge in [-0.3, -0.25) is 9.69 Å². The Labute approximate surface area is 193 Å². The van der Waals surface area contributed by atoms with Crippen molar-refractivity contribution in [3.8, 4) is 5.75 Å². The van der Waals surface area contributed by atoms with Crippen molar-refractivity contribution < 1.29 is 33.3 Å². The minimum absolute atomic E-state index is 0.183. The smallest absolute Gasteiger partial charge is 0.338 e. The number of methoxy groups -OCH3 is 3. The largest absolute Gasteiger partial charge is 0.496 e. The molecular formula is C23H31N3O7. The number of carbonyl (C=O) groups excluding carboxylic acids is 3. The minimum atomic E-state index is -0.742. The summed E-state index contributed by atoms with van der Waals surface area (Å²) in [4.78, 5) is 39.8. The van der Waals surface area contributed by atoms with Crippen LogP contribution in [0, 0.1) is 0 Å². The quantitative estimate of drug-likeness (QED) is 0.534. The molecule has 2 aliphatic rings. The molecule has 0 spiro atoms. The van der Waals surface area contributed by atoms with Gasteiger partial charge in [0.05, 0.1) is 39.0 Å². The number of rotatable bonds is 9. The van der Waals surface area contributed by atoms with E-state index in [0.717, 1.165) is 12.0 Å². The number of benzene rings is 1. The summed E-state index contributed by atoms with van der Waals surface area (Å²) < 4.78 is 20.9. The second-order valence-corrected chi connectivity index (χ2v) is 7.80. The molecule has 1 saturated heterocycles. The Balaban J connectivity index is 2.03. The molecule has 2 aliphatic heterocycles. The number of esters is 2. The first-order valence-corrected chi connectivity index (χ1v) is 10.9. The summed E-state index contributed by atoms with van der Waals surface area (Å²) in [5.74, 6) is -0.231. The SMILES string of the molecule is CCOC(=O)C1=C(CN2CCC[C@H]2C(=O)OC)NC(=O)N[C@@H]1c1ccc(OC)c(COC)c1. The second kappa shape index (κ2) is 11.2. The van der Waals surface area contributed by atoms with Gasteiger partial charge in [0, 0.05) is 24.9 Å². The average molecular weight is 462 g/mol. The summed E-state index contributed by atoms with van der Waals surface area (Å²) in [7, 11) is 4.50. The molecule has 1 aromatic rings. The number of ether oxygens (including phenoxy) is 4. The zero-order valence-corrected chi connectivity index (χ0v) is 19.4. The van der Waals surface area contributed by atoms with Crippen LogP contribution in [0.5, 0.6) is 5.75 Å². The van der Waals surface area contributed by atoms with Gasteiger partial charge in [-0.1, -0.05) is 6.07 Å². The summed E-state index contributed by atoms with van der Waals surface area (Å²) in [6, 6.07) is 3.79. The number of urea groups is 1. The van der Waals surface area contributed by atoms with Crippen LogP contribution in [-0.4, -0.2) is 69.9 Å². The van der Waals surface area contributed by atoms with Gasteiger partial charge in [-0.25, -0.2) is 9.59 Å². The van der Waals surface area contributed by atoms with Crippen molar-refractivity contribution in [3.63, 3.8) is 0 Å². The highest BCUT2D eigenvalue weighted by Gasteiger charge is 2.38. The first-order chi connectivity index (χ1) is 15.9. The van der Waals surface area contributed by atoms with Crippen LogP contribution in [-0.2, 0) is 30.4 Å². The van der Waals surface area contributed by atoms with E-state index in [1.165, 1.54) is 7.11 Å². The lowest BCUT2D eigenvalue weighted by molar-refractivity contribution is -0.145. The molecule has 2 atom stereocenters. The molecule has 3 rings (SSSR count). The second-order valence-electron chi connectivity index (χ2n) is 7.80. The first-order valence-electron chi connectivity index (χ1n) is 10.9. The summed E-state index contributed by atoms with van der Waals surface area (Å²) in [5.41, 5.74) is 2.16. The minimum Gasteiger partial charge on any atom is -0.496 e. The van der Waals surface area contributed by atoms with Crippen molar-refractivity contribution in [1.29, 1.82) is 0 Å². The van der Waals surface area contributed by atoms with E-state index >= 15 is 0 Å². The van der Waals surface area contributed by atoms with Gasteiger partial charge < -0.3 is 29.6 Å². The van der Waals surface area contributed by atoms with E-state index in [-0.39, 0.29) is 19.1 Å². The molecule has 1 fully saturated rings. The monoisotopic (exact) mass is 461 g/mol. The van der Waals surface area contributed by atoms with Gasteiger partial charge in [-0.15, -0.1) is 0 Å². The molecule has 0 aliphatic carbocycles. The highest BCUT2D eigenvalue weighted by atomic mass is 16.5. The van der Waals surface area contributed by atoms with E-state index in [4.69, 9.17) is 18.9 Å². The number of carbonyl (C=O) groups is 3. The fourth-order valence-corrected chi connectivity index (χ4v) is 4.31. The van der Waals surface area contributed by atoms with Crippen LogP contribution in [0.3, 0.4) is 0 Å². The van der Waals surface area contributed by atoms with Crippen molar-refractivity contribution in [2.75, 3.05) is 41.0 Å². The summed E-state index contributed by atoms with van der Waals surface area (Å²) in [5, 5.41) is 5.59. The van der Waals surface area contributed by atoms with Crippen LogP contribution >= 0.6 is 0 Å². The Kier molecular flexibility index (Phi) is 8.29. The predicted octanol–water partition coefficient (Wildman–Crippen LogP) is 1.65. The number of hydrogen-bond donors (Lipinski definition) is 2. The molecule has 0 unspecified atom stereocenters. The fourth-order valence-electron chi connectivity index (χ4n) is 4.31. The van der Waals surface area contributed by atoms with Crippen LogP contribution in [0.15, 0.2) is 29.5 Å². The van der Waals surface area contributed by atoms with E-state index in [0.29, 0.717) is 42.2 Å². The zero-order chi connectivity index (χ0) is 24.0. The molecule has 10 heteroatoms. The van der Waals surface area contributed by atoms with Gasteiger partial charge in [-0.2, -0.15) is 0 Å². The lowest BCUT2D eigenvalue weighted by Gasteiger charge is -2.32. The van der Waals surface area contributed by atoms with Gasteiger partial charge in [0.25, 0.3) is 0 Å². The number of amides is 2. The molecule has 2 N–H and O–H groups in total. The van der Waals surface area contributed by atoms with Gasteiger partial charge in [0.1, 0.15) is 11.8 Å². The Bertz CT molecular complexity index is 931. The lowest BCUT2D eigenvalue weighted by atomic mass is 9.93. The maximum Gasteiger partial charge on any atom is 0.338 e. The fraction of sp³-hybridized carbons (Fsp3) is 0.522. The van der Waals surface area contributed by atoms with Crippen LogP contribution in [0.2, 0.25) is 0 Å². The number of nitrogens with one attached hydrogen (secondary N) is 2. The third-order valence-electron chi connectivity index (χ3n) is 5.78. The van der Waals surface area contributed by atoms with Crippen LogP contribution < -0.4 is 15.4 Å². The third-order valence-corrected chi connectivity index (χ3v) is 5.78. The third kappa shape index (κ3) is 5.45. The van der Waals surface area contributed by atoms with Crippen LogP contribution in [0.4, 0.5) is 4.79 Å². The van der Waals surface area contributed by atoms with E-state index in [9.17, 15) is 14.4 Å². The summed E-state index contributed by atoms with van der Waals surface area (Å²) >= 11 is 0. The molecule has 1 aromatic carbocycles. The highest BCUT2D eigenvalue weighted by Crippen LogP contribution is 2.32. The van der Waals surface area contributed by atoms with E-state index in [1.807, 2.05) is 11.0 Å². The van der Waals surface area contributed by atoms with Crippen molar-refractivity contribution in [2.24, 2.45) is 0 Å². The number of likely N-dealkylation sites (tertiary alicyclic amines) is 1. The van der Waals surface area contributed by atoms with E-state index in [2.05, 4.69) is 10.6 Å². The number of hydrogen-bond acceptors (Lipinski definition) is 8. The Morgan fingerprint density at radius 3 is 2.67 bits per heavy atom. The normalized spacial score (nSPS) is 20.8. The van der Waals surface area contributed by atoms with Crippen LogP contribution in [0.25, 0.3) is 0 Å². The van der Waals surface area contributed by atoms with E-state index in [1.54, 1.807) is 33.3 Å². The first kappa shape index (κ1) is 24.5. The zero-order valence-electron chi connectivity index (χ0n) is 19.4. The summed E-state index contributed by atoms with van der Waals surface area (Å²) in [6.07, 6.45) is 1.47. The van der Waals surface area contributed by atoms with Gasteiger partial charge in [-0.05, 0) is 44.0 Å². The maximum atomic E-state index is 13.0. The molecule has 0 radical (unpaired) electrons. The lowest BCUT2D eigenvalue weighted by Crippen LogP contribution is -2.49. The van der Waals surface area contributed by atoms with Crippen molar-refractivity contribution >= 4 is 18.0 Å². The Morgan fingerprint density at radius 2 is 2.00 bits per heavy atom. The molecule has 180 valence electrons. The standard InChI is InChI=1S/C23H31N3O7/c1-5-33-22(28)19-16(12-26-10-6-7-17(26)21(27)32-4)24-23(29)25-20(19)14-8-9-18(31-3)15(11-14)13-30-2/h8-9,11,17,20H,5-7,10,12-13H2,1-4H3,(H2,24,25,29)/t17-,20+/m0/s1. The van der Waals surface area contributed by atoms with Crippen molar-refractivity contribution in [3.05, 3.63) is 40.6 Å². The Hall–Kier alpha value is -3.11.